The number of hydrogen-bond donors (Lipinski definition) is 1. The van der Waals surface area contributed by atoms with E-state index in [1.54, 1.807) is 13.1 Å². The Morgan fingerprint density at radius 1 is 1.60 bits per heavy atom. The summed E-state index contributed by atoms with van der Waals surface area (Å²) in [5.41, 5.74) is 0.712. The fourth-order valence-electron chi connectivity index (χ4n) is 1.97. The van der Waals surface area contributed by atoms with Crippen molar-refractivity contribution in [2.45, 2.75) is 26.3 Å². The lowest BCUT2D eigenvalue weighted by molar-refractivity contribution is 0.101. The fourth-order valence-corrected chi connectivity index (χ4v) is 1.97. The number of ketones is 1. The maximum absolute atomic E-state index is 11.1. The molecule has 0 aliphatic carbocycles. The van der Waals surface area contributed by atoms with Crippen LogP contribution in [0.1, 0.15) is 30.1 Å². The van der Waals surface area contributed by atoms with Gasteiger partial charge < -0.3 is 5.32 Å². The van der Waals surface area contributed by atoms with E-state index in [0.29, 0.717) is 11.5 Å². The number of aromatic nitrogens is 2. The van der Waals surface area contributed by atoms with Gasteiger partial charge in [-0.2, -0.15) is 5.10 Å². The molecule has 4 heteroatoms. The van der Waals surface area contributed by atoms with Crippen molar-refractivity contribution in [3.8, 4) is 0 Å². The maximum Gasteiger partial charge on any atom is 0.162 e. The van der Waals surface area contributed by atoms with Crippen LogP contribution < -0.4 is 5.32 Å². The molecule has 1 aliphatic rings. The van der Waals surface area contributed by atoms with Gasteiger partial charge in [0.1, 0.15) is 0 Å². The van der Waals surface area contributed by atoms with Crippen LogP contribution in [-0.4, -0.2) is 28.7 Å². The topological polar surface area (TPSA) is 46.9 Å². The minimum absolute atomic E-state index is 0.0894. The molecule has 0 spiro atoms. The second-order valence-electron chi connectivity index (χ2n) is 4.20. The Morgan fingerprint density at radius 3 is 2.93 bits per heavy atom. The van der Waals surface area contributed by atoms with Crippen molar-refractivity contribution in [2.24, 2.45) is 5.92 Å². The van der Waals surface area contributed by atoms with Crippen LogP contribution in [0, 0.1) is 5.92 Å². The number of carbonyl (C=O) groups is 1. The summed E-state index contributed by atoms with van der Waals surface area (Å²) in [6, 6.07) is 0. The molecule has 0 bridgehead atoms. The van der Waals surface area contributed by atoms with E-state index in [1.165, 1.54) is 12.8 Å². The molecule has 0 aromatic carbocycles. The third kappa shape index (κ3) is 2.65. The van der Waals surface area contributed by atoms with Crippen LogP contribution in [0.5, 0.6) is 0 Å². The molecule has 4 nitrogen and oxygen atoms in total. The third-order valence-electron chi connectivity index (χ3n) is 2.94. The molecule has 0 amide bonds. The van der Waals surface area contributed by atoms with Crippen molar-refractivity contribution < 1.29 is 4.79 Å². The highest BCUT2D eigenvalue weighted by Gasteiger charge is 2.14. The minimum atomic E-state index is 0.0894. The Kier molecular flexibility index (Phi) is 3.16. The Hall–Kier alpha value is -1.16. The molecule has 0 saturated carbocycles. The SMILES string of the molecule is CC(=O)c1cnn(CC2CCNCC2)c1. The fraction of sp³-hybridized carbons (Fsp3) is 0.636. The summed E-state index contributed by atoms with van der Waals surface area (Å²) in [5, 5.41) is 7.55. The molecule has 1 saturated heterocycles. The predicted octanol–water partition coefficient (Wildman–Crippen LogP) is 1.09. The number of Topliss-reactive ketones (excluding diaryl/α,β-unsaturated/α-hetero) is 1. The van der Waals surface area contributed by atoms with Crippen LogP contribution in [-0.2, 0) is 6.54 Å². The van der Waals surface area contributed by atoms with Crippen LogP contribution in [0.2, 0.25) is 0 Å². The highest BCUT2D eigenvalue weighted by Crippen LogP contribution is 2.14. The Bertz CT molecular complexity index is 339. The number of piperidine rings is 1. The van der Waals surface area contributed by atoms with Gasteiger partial charge in [0.15, 0.2) is 5.78 Å². The Morgan fingerprint density at radius 2 is 2.33 bits per heavy atom. The summed E-state index contributed by atoms with van der Waals surface area (Å²) in [6.45, 7) is 4.72. The van der Waals surface area contributed by atoms with E-state index in [4.69, 9.17) is 0 Å². The molecule has 1 fully saturated rings. The molecule has 15 heavy (non-hydrogen) atoms. The van der Waals surface area contributed by atoms with Crippen LogP contribution in [0.25, 0.3) is 0 Å². The van der Waals surface area contributed by atoms with E-state index in [9.17, 15) is 4.79 Å². The van der Waals surface area contributed by atoms with Crippen molar-refractivity contribution in [1.82, 2.24) is 15.1 Å². The van der Waals surface area contributed by atoms with E-state index in [0.717, 1.165) is 19.6 Å². The smallest absolute Gasteiger partial charge is 0.162 e. The lowest BCUT2D eigenvalue weighted by atomic mass is 9.98. The van der Waals surface area contributed by atoms with Gasteiger partial charge in [-0.3, -0.25) is 9.48 Å². The molecular weight excluding hydrogens is 190 g/mol. The van der Waals surface area contributed by atoms with E-state index in [2.05, 4.69) is 10.4 Å². The van der Waals surface area contributed by atoms with Crippen molar-refractivity contribution in [3.05, 3.63) is 18.0 Å². The summed E-state index contributed by atoms with van der Waals surface area (Å²) >= 11 is 0. The second-order valence-corrected chi connectivity index (χ2v) is 4.20. The van der Waals surface area contributed by atoms with Crippen LogP contribution in [0.4, 0.5) is 0 Å². The zero-order valence-corrected chi connectivity index (χ0v) is 9.07. The summed E-state index contributed by atoms with van der Waals surface area (Å²) < 4.78 is 1.90. The lowest BCUT2D eigenvalue weighted by Crippen LogP contribution is -2.29. The summed E-state index contributed by atoms with van der Waals surface area (Å²) in [5.74, 6) is 0.789. The zero-order chi connectivity index (χ0) is 10.7. The average molecular weight is 207 g/mol. The summed E-state index contributed by atoms with van der Waals surface area (Å²) in [4.78, 5) is 11.1. The molecule has 0 radical (unpaired) electrons. The summed E-state index contributed by atoms with van der Waals surface area (Å²) in [7, 11) is 0. The van der Waals surface area contributed by atoms with Gasteiger partial charge in [0.05, 0.1) is 11.8 Å². The van der Waals surface area contributed by atoms with E-state index in [-0.39, 0.29) is 5.78 Å². The van der Waals surface area contributed by atoms with Gasteiger partial charge in [-0.25, -0.2) is 0 Å². The predicted molar refractivity (Wildman–Crippen MR) is 57.8 cm³/mol. The average Bonchev–Trinajstić information content (AvgIpc) is 2.68. The van der Waals surface area contributed by atoms with Gasteiger partial charge in [-0.1, -0.05) is 0 Å². The number of hydrogen-bond acceptors (Lipinski definition) is 3. The monoisotopic (exact) mass is 207 g/mol. The highest BCUT2D eigenvalue weighted by molar-refractivity contribution is 5.93. The number of rotatable bonds is 3. The van der Waals surface area contributed by atoms with Gasteiger partial charge in [0.25, 0.3) is 0 Å². The van der Waals surface area contributed by atoms with Gasteiger partial charge in [-0.05, 0) is 38.8 Å². The van der Waals surface area contributed by atoms with Crippen LogP contribution >= 0.6 is 0 Å². The molecule has 0 unspecified atom stereocenters. The third-order valence-corrected chi connectivity index (χ3v) is 2.94. The van der Waals surface area contributed by atoms with Crippen molar-refractivity contribution in [3.63, 3.8) is 0 Å². The van der Waals surface area contributed by atoms with Gasteiger partial charge in [0, 0.05) is 12.7 Å². The van der Waals surface area contributed by atoms with Crippen molar-refractivity contribution >= 4 is 5.78 Å². The molecule has 1 aromatic heterocycles. The maximum atomic E-state index is 11.1. The first-order valence-corrected chi connectivity index (χ1v) is 5.50. The Labute approximate surface area is 89.7 Å². The number of nitrogens with zero attached hydrogens (tertiary/aromatic N) is 2. The van der Waals surface area contributed by atoms with Gasteiger partial charge in [0.2, 0.25) is 0 Å². The van der Waals surface area contributed by atoms with E-state index < -0.39 is 0 Å². The molecule has 2 heterocycles. The first kappa shape index (κ1) is 10.4. The molecule has 82 valence electrons. The number of carbonyl (C=O) groups excluding carboxylic acids is 1. The van der Waals surface area contributed by atoms with Crippen molar-refractivity contribution in [1.29, 1.82) is 0 Å². The lowest BCUT2D eigenvalue weighted by Gasteiger charge is -2.22. The largest absolute Gasteiger partial charge is 0.317 e. The second kappa shape index (κ2) is 4.57. The minimum Gasteiger partial charge on any atom is -0.317 e. The Balaban J connectivity index is 1.94. The zero-order valence-electron chi connectivity index (χ0n) is 9.07. The van der Waals surface area contributed by atoms with Crippen LogP contribution in [0.3, 0.4) is 0 Å². The highest BCUT2D eigenvalue weighted by atomic mass is 16.1. The quantitative estimate of drug-likeness (QED) is 0.755. The van der Waals surface area contributed by atoms with Crippen LogP contribution in [0.15, 0.2) is 12.4 Å². The molecule has 1 aliphatic heterocycles. The molecular formula is C11H17N3O. The summed E-state index contributed by atoms with van der Waals surface area (Å²) in [6.07, 6.45) is 5.91. The van der Waals surface area contributed by atoms with E-state index in [1.807, 2.05) is 10.9 Å². The molecule has 0 atom stereocenters. The van der Waals surface area contributed by atoms with Gasteiger partial charge >= 0.3 is 0 Å². The number of nitrogens with one attached hydrogen (secondary N) is 1. The van der Waals surface area contributed by atoms with Gasteiger partial charge in [-0.15, -0.1) is 0 Å². The molecule has 2 rings (SSSR count). The first-order chi connectivity index (χ1) is 7.25. The standard InChI is InChI=1S/C11H17N3O/c1-9(15)11-6-13-14(8-11)7-10-2-4-12-5-3-10/h6,8,10,12H,2-5,7H2,1H3. The molecule has 1 aromatic rings. The first-order valence-electron chi connectivity index (χ1n) is 5.50. The molecule has 1 N–H and O–H groups in total. The normalized spacial score (nSPS) is 17.9. The van der Waals surface area contributed by atoms with E-state index >= 15 is 0 Å². The van der Waals surface area contributed by atoms with Crippen molar-refractivity contribution in [2.75, 3.05) is 13.1 Å².